The Kier molecular flexibility index (Phi) is 6.00. The minimum absolute atomic E-state index is 0.198. The van der Waals surface area contributed by atoms with Gasteiger partial charge in [-0.15, -0.1) is 0 Å². The quantitative estimate of drug-likeness (QED) is 0.306. The van der Waals surface area contributed by atoms with Crippen molar-refractivity contribution in [1.29, 1.82) is 0 Å². The van der Waals surface area contributed by atoms with Crippen LogP contribution < -0.4 is 0 Å². The minimum Gasteiger partial charge on any atom is -0.289 e. The van der Waals surface area contributed by atoms with E-state index in [2.05, 4.69) is 11.8 Å². The first-order valence-corrected chi connectivity index (χ1v) is 9.82. The van der Waals surface area contributed by atoms with E-state index in [4.69, 9.17) is 0 Å². The number of carbonyl (C=O) groups excluding carboxylic acids is 2. The summed E-state index contributed by atoms with van der Waals surface area (Å²) in [6.07, 6.45) is 0. The highest BCUT2D eigenvalue weighted by atomic mass is 19.1. The normalized spacial score (nSPS) is 10.2. The number of hydrogen-bond donors (Lipinski definition) is 0. The third kappa shape index (κ3) is 4.85. The Hall–Kier alpha value is -4.36. The summed E-state index contributed by atoms with van der Waals surface area (Å²) < 4.78 is 26.1. The van der Waals surface area contributed by atoms with E-state index in [0.717, 1.165) is 0 Å². The van der Waals surface area contributed by atoms with E-state index in [1.807, 2.05) is 0 Å². The summed E-state index contributed by atoms with van der Waals surface area (Å²) in [5, 5.41) is 0. The van der Waals surface area contributed by atoms with E-state index in [1.165, 1.54) is 48.5 Å². The maximum Gasteiger partial charge on any atom is 0.193 e. The summed E-state index contributed by atoms with van der Waals surface area (Å²) in [6, 6.07) is 24.5. The second-order valence-electron chi connectivity index (χ2n) is 7.08. The Bertz CT molecular complexity index is 1340. The SMILES string of the molecule is O=C(c1ccc(F)cc1)c1ccc(C#Cc2cccc(C(=O)c3ccc(F)cc3)c2)cc1. The molecule has 4 aromatic rings. The molecule has 0 radical (unpaired) electrons. The Morgan fingerprint density at radius 2 is 0.938 bits per heavy atom. The fourth-order valence-electron chi connectivity index (χ4n) is 3.12. The van der Waals surface area contributed by atoms with Crippen molar-refractivity contribution >= 4 is 11.6 Å². The van der Waals surface area contributed by atoms with Crippen molar-refractivity contribution in [3.63, 3.8) is 0 Å². The van der Waals surface area contributed by atoms with Gasteiger partial charge in [-0.05, 0) is 84.9 Å². The second kappa shape index (κ2) is 9.20. The van der Waals surface area contributed by atoms with Gasteiger partial charge in [0, 0.05) is 33.4 Å². The predicted molar refractivity (Wildman–Crippen MR) is 119 cm³/mol. The summed E-state index contributed by atoms with van der Waals surface area (Å²) in [5.74, 6) is 4.83. The van der Waals surface area contributed by atoms with Crippen LogP contribution in [0.2, 0.25) is 0 Å². The molecule has 0 saturated heterocycles. The molecular weight excluding hydrogens is 406 g/mol. The molecule has 0 bridgehead atoms. The van der Waals surface area contributed by atoms with Gasteiger partial charge in [0.15, 0.2) is 11.6 Å². The van der Waals surface area contributed by atoms with Gasteiger partial charge in [0.05, 0.1) is 0 Å². The van der Waals surface area contributed by atoms with E-state index in [1.54, 1.807) is 48.5 Å². The van der Waals surface area contributed by atoms with Crippen molar-refractivity contribution in [2.75, 3.05) is 0 Å². The molecule has 154 valence electrons. The molecule has 0 unspecified atom stereocenters. The van der Waals surface area contributed by atoms with E-state index in [0.29, 0.717) is 33.4 Å². The molecule has 2 nitrogen and oxygen atoms in total. The number of carbonyl (C=O) groups is 2. The van der Waals surface area contributed by atoms with Crippen LogP contribution in [0, 0.1) is 23.5 Å². The second-order valence-corrected chi connectivity index (χ2v) is 7.08. The average molecular weight is 422 g/mol. The van der Waals surface area contributed by atoms with Crippen LogP contribution in [0.1, 0.15) is 43.0 Å². The molecule has 0 atom stereocenters. The van der Waals surface area contributed by atoms with Gasteiger partial charge in [-0.2, -0.15) is 0 Å². The molecule has 0 saturated carbocycles. The molecule has 0 amide bonds. The van der Waals surface area contributed by atoms with Gasteiger partial charge in [0.25, 0.3) is 0 Å². The predicted octanol–water partition coefficient (Wildman–Crippen LogP) is 5.83. The highest BCUT2D eigenvalue weighted by molar-refractivity contribution is 6.09. The summed E-state index contributed by atoms with van der Waals surface area (Å²) in [7, 11) is 0. The summed E-state index contributed by atoms with van der Waals surface area (Å²) in [4.78, 5) is 25.1. The van der Waals surface area contributed by atoms with Crippen LogP contribution in [-0.2, 0) is 0 Å². The van der Waals surface area contributed by atoms with Gasteiger partial charge < -0.3 is 0 Å². The zero-order valence-electron chi connectivity index (χ0n) is 16.8. The monoisotopic (exact) mass is 422 g/mol. The summed E-state index contributed by atoms with van der Waals surface area (Å²) in [5.41, 5.74) is 3.11. The van der Waals surface area contributed by atoms with Gasteiger partial charge >= 0.3 is 0 Å². The number of rotatable bonds is 4. The summed E-state index contributed by atoms with van der Waals surface area (Å²) in [6.45, 7) is 0. The molecule has 4 rings (SSSR count). The van der Waals surface area contributed by atoms with Gasteiger partial charge in [0.2, 0.25) is 0 Å². The van der Waals surface area contributed by atoms with E-state index in [9.17, 15) is 18.4 Å². The lowest BCUT2D eigenvalue weighted by molar-refractivity contribution is 0.103. The van der Waals surface area contributed by atoms with Gasteiger partial charge in [-0.25, -0.2) is 8.78 Å². The van der Waals surface area contributed by atoms with Crippen molar-refractivity contribution in [3.8, 4) is 11.8 Å². The molecule has 0 aliphatic rings. The van der Waals surface area contributed by atoms with Crippen LogP contribution in [0.3, 0.4) is 0 Å². The van der Waals surface area contributed by atoms with Crippen molar-refractivity contribution < 1.29 is 18.4 Å². The van der Waals surface area contributed by atoms with Crippen molar-refractivity contribution in [3.05, 3.63) is 142 Å². The lowest BCUT2D eigenvalue weighted by Crippen LogP contribution is -2.01. The topological polar surface area (TPSA) is 34.1 Å². The molecule has 0 aliphatic carbocycles. The van der Waals surface area contributed by atoms with Crippen LogP contribution in [0.15, 0.2) is 97.1 Å². The Morgan fingerprint density at radius 1 is 0.500 bits per heavy atom. The van der Waals surface area contributed by atoms with Crippen LogP contribution in [-0.4, -0.2) is 11.6 Å². The van der Waals surface area contributed by atoms with Crippen LogP contribution >= 0.6 is 0 Å². The highest BCUT2D eigenvalue weighted by Gasteiger charge is 2.10. The smallest absolute Gasteiger partial charge is 0.193 e. The maximum absolute atomic E-state index is 13.1. The van der Waals surface area contributed by atoms with E-state index < -0.39 is 11.6 Å². The van der Waals surface area contributed by atoms with Crippen LogP contribution in [0.5, 0.6) is 0 Å². The minimum atomic E-state index is -0.397. The molecule has 4 aromatic carbocycles. The number of hydrogen-bond acceptors (Lipinski definition) is 2. The average Bonchev–Trinajstić information content (AvgIpc) is 2.83. The largest absolute Gasteiger partial charge is 0.289 e. The lowest BCUT2D eigenvalue weighted by Gasteiger charge is -2.02. The molecule has 0 fully saturated rings. The first-order valence-electron chi connectivity index (χ1n) is 9.82. The van der Waals surface area contributed by atoms with Crippen molar-refractivity contribution in [2.24, 2.45) is 0 Å². The number of benzene rings is 4. The number of ketones is 2. The highest BCUT2D eigenvalue weighted by Crippen LogP contribution is 2.14. The van der Waals surface area contributed by atoms with E-state index in [-0.39, 0.29) is 11.6 Å². The molecule has 0 aromatic heterocycles. The molecule has 32 heavy (non-hydrogen) atoms. The fourth-order valence-corrected chi connectivity index (χ4v) is 3.12. The third-order valence-corrected chi connectivity index (χ3v) is 4.84. The molecule has 0 N–H and O–H groups in total. The molecule has 0 heterocycles. The number of halogens is 2. The van der Waals surface area contributed by atoms with E-state index >= 15 is 0 Å². The lowest BCUT2D eigenvalue weighted by atomic mass is 10.0. The van der Waals surface area contributed by atoms with Gasteiger partial charge in [0.1, 0.15) is 11.6 Å². The zero-order valence-corrected chi connectivity index (χ0v) is 16.8. The Labute approximate surface area is 184 Å². The van der Waals surface area contributed by atoms with Crippen molar-refractivity contribution in [2.45, 2.75) is 0 Å². The van der Waals surface area contributed by atoms with Crippen LogP contribution in [0.4, 0.5) is 8.78 Å². The molecule has 0 spiro atoms. The fraction of sp³-hybridized carbons (Fsp3) is 0. The van der Waals surface area contributed by atoms with Gasteiger partial charge in [-0.1, -0.05) is 24.0 Å². The first kappa shape index (κ1) is 20.9. The third-order valence-electron chi connectivity index (χ3n) is 4.84. The van der Waals surface area contributed by atoms with Crippen LogP contribution in [0.25, 0.3) is 0 Å². The van der Waals surface area contributed by atoms with Crippen molar-refractivity contribution in [1.82, 2.24) is 0 Å². The zero-order chi connectivity index (χ0) is 22.5. The Morgan fingerprint density at radius 3 is 1.47 bits per heavy atom. The molecular formula is C28H16F2O2. The standard InChI is InChI=1S/C28H16F2O2/c29-25-14-10-22(11-15-25)27(31)21-8-6-19(7-9-21)4-5-20-2-1-3-24(18-20)28(32)23-12-16-26(30)17-13-23/h1-3,6-18H. The maximum atomic E-state index is 13.1. The Balaban J connectivity index is 1.50. The molecule has 0 aliphatic heterocycles. The van der Waals surface area contributed by atoms with Gasteiger partial charge in [-0.3, -0.25) is 9.59 Å². The first-order chi connectivity index (χ1) is 15.5. The summed E-state index contributed by atoms with van der Waals surface area (Å²) >= 11 is 0. The molecule has 4 heteroatoms.